The molecule has 0 bridgehead atoms. The summed E-state index contributed by atoms with van der Waals surface area (Å²) in [5, 5.41) is 17.6. The summed E-state index contributed by atoms with van der Waals surface area (Å²) in [5.41, 5.74) is 0. The first-order chi connectivity index (χ1) is 10.1. The van der Waals surface area contributed by atoms with Gasteiger partial charge in [0.25, 0.3) is 0 Å². The lowest BCUT2D eigenvalue weighted by Crippen LogP contribution is -2.21. The van der Waals surface area contributed by atoms with Crippen LogP contribution in [0, 0.1) is 5.92 Å². The second-order valence-corrected chi connectivity index (χ2v) is 6.05. The smallest absolute Gasteiger partial charge is 0.305 e. The average molecular weight is 302 g/mol. The molecule has 0 aromatic heterocycles. The summed E-state index contributed by atoms with van der Waals surface area (Å²) in [7, 11) is 0. The second-order valence-electron chi connectivity index (χ2n) is 6.05. The highest BCUT2D eigenvalue weighted by Crippen LogP contribution is 2.14. The molecule has 21 heavy (non-hydrogen) atoms. The second kappa shape index (κ2) is 14.3. The first kappa shape index (κ1) is 20.4. The van der Waals surface area contributed by atoms with E-state index in [2.05, 4.69) is 13.8 Å². The summed E-state index contributed by atoms with van der Waals surface area (Å²) in [4.78, 5) is 11.3. The molecule has 0 saturated heterocycles. The fourth-order valence-electron chi connectivity index (χ4n) is 2.16. The van der Waals surface area contributed by atoms with Crippen molar-refractivity contribution in [1.29, 1.82) is 0 Å². The lowest BCUT2D eigenvalue weighted by Gasteiger charge is -2.08. The Morgan fingerprint density at radius 1 is 1.05 bits per heavy atom. The first-order valence-electron chi connectivity index (χ1n) is 8.54. The Labute approximate surface area is 129 Å². The highest BCUT2D eigenvalue weighted by molar-refractivity contribution is 5.69. The van der Waals surface area contributed by atoms with Gasteiger partial charge in [-0.15, -0.1) is 0 Å². The van der Waals surface area contributed by atoms with Crippen LogP contribution < -0.4 is 0 Å². The minimum atomic E-state index is -0.954. The van der Waals surface area contributed by atoms with Crippen molar-refractivity contribution in [1.82, 2.24) is 0 Å². The van der Waals surface area contributed by atoms with E-state index in [-0.39, 0.29) is 19.2 Å². The van der Waals surface area contributed by atoms with Crippen molar-refractivity contribution in [3.63, 3.8) is 0 Å². The summed E-state index contributed by atoms with van der Waals surface area (Å²) >= 11 is 0. The number of hydrogen-bond acceptors (Lipinski definition) is 4. The van der Waals surface area contributed by atoms with Gasteiger partial charge in [0.1, 0.15) is 12.7 Å². The summed E-state index contributed by atoms with van der Waals surface area (Å²) < 4.78 is 4.84. The quantitative estimate of drug-likeness (QED) is 0.381. The fourth-order valence-corrected chi connectivity index (χ4v) is 2.16. The van der Waals surface area contributed by atoms with Gasteiger partial charge in [0.15, 0.2) is 0 Å². The molecule has 0 aliphatic heterocycles. The topological polar surface area (TPSA) is 66.8 Å². The molecule has 2 N–H and O–H groups in total. The minimum Gasteiger partial charge on any atom is -0.463 e. The maximum Gasteiger partial charge on any atom is 0.305 e. The van der Waals surface area contributed by atoms with Crippen LogP contribution in [0.3, 0.4) is 0 Å². The van der Waals surface area contributed by atoms with Crippen molar-refractivity contribution in [2.75, 3.05) is 13.2 Å². The van der Waals surface area contributed by atoms with Gasteiger partial charge in [-0.1, -0.05) is 65.2 Å². The zero-order valence-electron chi connectivity index (χ0n) is 13.9. The molecule has 126 valence electrons. The Hall–Kier alpha value is -0.610. The average Bonchev–Trinajstić information content (AvgIpc) is 2.50. The number of carbonyl (C=O) groups is 1. The SMILES string of the molecule is CCC(C)CCCCCCCCCC(=O)OCC(O)CO. The zero-order valence-corrected chi connectivity index (χ0v) is 13.9. The van der Waals surface area contributed by atoms with E-state index >= 15 is 0 Å². The normalized spacial score (nSPS) is 13.9. The van der Waals surface area contributed by atoms with Gasteiger partial charge in [-0.25, -0.2) is 0 Å². The largest absolute Gasteiger partial charge is 0.463 e. The van der Waals surface area contributed by atoms with Crippen molar-refractivity contribution >= 4 is 5.97 Å². The number of rotatable bonds is 14. The molecule has 0 radical (unpaired) electrons. The molecule has 0 amide bonds. The summed E-state index contributed by atoms with van der Waals surface area (Å²) in [6.45, 7) is 4.09. The van der Waals surface area contributed by atoms with E-state index < -0.39 is 6.10 Å². The van der Waals surface area contributed by atoms with Crippen molar-refractivity contribution in [3.8, 4) is 0 Å². The molecule has 0 aromatic rings. The van der Waals surface area contributed by atoms with E-state index in [1.807, 2.05) is 0 Å². The molecule has 0 aliphatic carbocycles. The van der Waals surface area contributed by atoms with Crippen LogP contribution in [0.4, 0.5) is 0 Å². The Balaban J connectivity index is 3.23. The van der Waals surface area contributed by atoms with E-state index in [9.17, 15) is 4.79 Å². The van der Waals surface area contributed by atoms with Crippen molar-refractivity contribution in [3.05, 3.63) is 0 Å². The van der Waals surface area contributed by atoms with Gasteiger partial charge in [0.2, 0.25) is 0 Å². The third-order valence-corrected chi connectivity index (χ3v) is 3.92. The van der Waals surface area contributed by atoms with Gasteiger partial charge < -0.3 is 14.9 Å². The molecule has 2 atom stereocenters. The van der Waals surface area contributed by atoms with Gasteiger partial charge in [-0.3, -0.25) is 4.79 Å². The number of ether oxygens (including phenoxy) is 1. The Morgan fingerprint density at radius 2 is 1.62 bits per heavy atom. The summed E-state index contributed by atoms with van der Waals surface area (Å²) in [6.07, 6.45) is 10.4. The molecule has 0 spiro atoms. The van der Waals surface area contributed by atoms with Gasteiger partial charge in [0, 0.05) is 6.42 Å². The van der Waals surface area contributed by atoms with Gasteiger partial charge in [0.05, 0.1) is 6.61 Å². The van der Waals surface area contributed by atoms with E-state index in [0.717, 1.165) is 18.8 Å². The van der Waals surface area contributed by atoms with Crippen LogP contribution in [0.2, 0.25) is 0 Å². The molecule has 2 unspecified atom stereocenters. The van der Waals surface area contributed by atoms with Crippen LogP contribution in [0.5, 0.6) is 0 Å². The minimum absolute atomic E-state index is 0.106. The number of aliphatic hydroxyl groups excluding tert-OH is 2. The maximum absolute atomic E-state index is 11.3. The molecule has 0 saturated carbocycles. The molecule has 0 aliphatic rings. The van der Waals surface area contributed by atoms with E-state index in [4.69, 9.17) is 14.9 Å². The molecule has 4 heteroatoms. The fraction of sp³-hybridized carbons (Fsp3) is 0.941. The highest BCUT2D eigenvalue weighted by Gasteiger charge is 2.07. The zero-order chi connectivity index (χ0) is 15.9. The van der Waals surface area contributed by atoms with Crippen LogP contribution in [0.15, 0.2) is 0 Å². The third-order valence-electron chi connectivity index (χ3n) is 3.92. The van der Waals surface area contributed by atoms with Crippen molar-refractivity contribution in [2.24, 2.45) is 5.92 Å². The lowest BCUT2D eigenvalue weighted by molar-refractivity contribution is -0.147. The molecule has 0 rings (SSSR count). The Morgan fingerprint density at radius 3 is 2.19 bits per heavy atom. The molecule has 0 fully saturated rings. The predicted molar refractivity (Wildman–Crippen MR) is 85.1 cm³/mol. The Bertz CT molecular complexity index is 243. The van der Waals surface area contributed by atoms with Crippen LogP contribution >= 0.6 is 0 Å². The highest BCUT2D eigenvalue weighted by atomic mass is 16.5. The molecule has 0 heterocycles. The van der Waals surface area contributed by atoms with Gasteiger partial charge in [-0.05, 0) is 12.3 Å². The number of esters is 1. The molecule has 4 nitrogen and oxygen atoms in total. The van der Waals surface area contributed by atoms with Crippen molar-refractivity contribution < 1.29 is 19.7 Å². The summed E-state index contributed by atoms with van der Waals surface area (Å²) in [5.74, 6) is 0.580. The van der Waals surface area contributed by atoms with E-state index in [1.165, 1.54) is 44.9 Å². The third kappa shape index (κ3) is 14.1. The maximum atomic E-state index is 11.3. The van der Waals surface area contributed by atoms with E-state index in [1.54, 1.807) is 0 Å². The number of unbranched alkanes of at least 4 members (excludes halogenated alkanes) is 6. The van der Waals surface area contributed by atoms with Gasteiger partial charge in [-0.2, -0.15) is 0 Å². The Kier molecular flexibility index (Phi) is 13.9. The van der Waals surface area contributed by atoms with Crippen LogP contribution in [0.1, 0.15) is 78.1 Å². The molecular weight excluding hydrogens is 268 g/mol. The summed E-state index contributed by atoms with van der Waals surface area (Å²) in [6, 6.07) is 0. The number of aliphatic hydroxyl groups is 2. The van der Waals surface area contributed by atoms with Crippen LogP contribution in [0.25, 0.3) is 0 Å². The molecule has 0 aromatic carbocycles. The van der Waals surface area contributed by atoms with E-state index in [0.29, 0.717) is 6.42 Å². The monoisotopic (exact) mass is 302 g/mol. The first-order valence-corrected chi connectivity index (χ1v) is 8.54. The van der Waals surface area contributed by atoms with Crippen molar-refractivity contribution in [2.45, 2.75) is 84.2 Å². The van der Waals surface area contributed by atoms with Crippen LogP contribution in [-0.2, 0) is 9.53 Å². The van der Waals surface area contributed by atoms with Gasteiger partial charge >= 0.3 is 5.97 Å². The number of carbonyl (C=O) groups excluding carboxylic acids is 1. The number of hydrogen-bond donors (Lipinski definition) is 2. The predicted octanol–water partition coefficient (Wildman–Crippen LogP) is 3.44. The molecular formula is C17H34O4. The van der Waals surface area contributed by atoms with Crippen LogP contribution in [-0.4, -0.2) is 35.5 Å². The standard InChI is InChI=1S/C17H34O4/c1-3-15(2)11-9-7-5-4-6-8-10-12-17(20)21-14-16(19)13-18/h15-16,18-19H,3-14H2,1-2H3. The lowest BCUT2D eigenvalue weighted by atomic mass is 10.00.